The first-order valence-electron chi connectivity index (χ1n) is 5.77. The zero-order valence-electron chi connectivity index (χ0n) is 9.02. The monoisotopic (exact) mass is 214 g/mol. The van der Waals surface area contributed by atoms with Crippen LogP contribution in [0, 0.1) is 23.2 Å². The van der Waals surface area contributed by atoms with Gasteiger partial charge in [-0.3, -0.25) is 0 Å². The van der Waals surface area contributed by atoms with Crippen molar-refractivity contribution in [3.05, 3.63) is 35.6 Å². The molecule has 0 aromatic carbocycles. The van der Waals surface area contributed by atoms with Crippen molar-refractivity contribution in [2.75, 3.05) is 0 Å². The molecule has 82 valence electrons. The summed E-state index contributed by atoms with van der Waals surface area (Å²) in [6, 6.07) is 2.06. The molecule has 3 rings (SSSR count). The Hall–Kier alpha value is -1.53. The van der Waals surface area contributed by atoms with Gasteiger partial charge >= 0.3 is 0 Å². The number of rotatable bonds is 0. The van der Waals surface area contributed by atoms with Gasteiger partial charge in [-0.1, -0.05) is 18.2 Å². The molecule has 0 saturated carbocycles. The molecule has 0 radical (unpaired) electrons. The lowest BCUT2D eigenvalue weighted by Crippen LogP contribution is -2.39. The van der Waals surface area contributed by atoms with Gasteiger partial charge in [-0.15, -0.1) is 5.48 Å². The van der Waals surface area contributed by atoms with Crippen LogP contribution in [0.2, 0.25) is 0 Å². The van der Waals surface area contributed by atoms with Crippen LogP contribution in [0.25, 0.3) is 0 Å². The van der Waals surface area contributed by atoms with Gasteiger partial charge in [0.1, 0.15) is 11.8 Å². The van der Waals surface area contributed by atoms with E-state index in [0.29, 0.717) is 11.8 Å². The average Bonchev–Trinajstić information content (AvgIpc) is 2.35. The van der Waals surface area contributed by atoms with Crippen LogP contribution in [0.15, 0.2) is 35.6 Å². The van der Waals surface area contributed by atoms with Crippen LogP contribution in [-0.2, 0) is 4.84 Å². The molecule has 3 unspecified atom stereocenters. The smallest absolute Gasteiger partial charge is 0.130 e. The van der Waals surface area contributed by atoms with Crippen LogP contribution in [-0.4, -0.2) is 6.04 Å². The molecule has 2 aliphatic carbocycles. The summed E-state index contributed by atoms with van der Waals surface area (Å²) >= 11 is 0. The van der Waals surface area contributed by atoms with Crippen LogP contribution in [0.1, 0.15) is 19.3 Å². The van der Waals surface area contributed by atoms with Crippen LogP contribution >= 0.6 is 0 Å². The second kappa shape index (κ2) is 3.80. The molecule has 0 aromatic rings. The molecular weight excluding hydrogens is 200 g/mol. The van der Waals surface area contributed by atoms with E-state index in [1.54, 1.807) is 0 Å². The number of nitrogens with one attached hydrogen (secondary N) is 1. The minimum Gasteiger partial charge on any atom is -0.412 e. The summed E-state index contributed by atoms with van der Waals surface area (Å²) in [6.45, 7) is 0. The largest absolute Gasteiger partial charge is 0.412 e. The van der Waals surface area contributed by atoms with Gasteiger partial charge < -0.3 is 4.84 Å². The van der Waals surface area contributed by atoms with Crippen molar-refractivity contribution >= 4 is 0 Å². The molecule has 3 heteroatoms. The van der Waals surface area contributed by atoms with Crippen molar-refractivity contribution in [1.82, 2.24) is 5.48 Å². The zero-order valence-corrected chi connectivity index (χ0v) is 9.02. The van der Waals surface area contributed by atoms with Gasteiger partial charge in [0.25, 0.3) is 0 Å². The van der Waals surface area contributed by atoms with Gasteiger partial charge in [-0.2, -0.15) is 5.26 Å². The first-order valence-corrected chi connectivity index (χ1v) is 5.77. The minimum absolute atomic E-state index is 0.160. The molecule has 0 amide bonds. The fourth-order valence-corrected chi connectivity index (χ4v) is 2.71. The topological polar surface area (TPSA) is 45.0 Å². The quantitative estimate of drug-likeness (QED) is 0.672. The molecule has 3 nitrogen and oxygen atoms in total. The number of allylic oxidation sites excluding steroid dienone is 6. The second-order valence-corrected chi connectivity index (χ2v) is 4.64. The Morgan fingerprint density at radius 3 is 3.19 bits per heavy atom. The molecule has 1 heterocycles. The van der Waals surface area contributed by atoms with Crippen LogP contribution in [0.5, 0.6) is 0 Å². The van der Waals surface area contributed by atoms with E-state index in [4.69, 9.17) is 10.1 Å². The van der Waals surface area contributed by atoms with E-state index in [1.165, 1.54) is 5.57 Å². The number of hydrogen-bond acceptors (Lipinski definition) is 3. The maximum atomic E-state index is 8.88. The fourth-order valence-electron chi connectivity index (χ4n) is 2.71. The maximum Gasteiger partial charge on any atom is 0.130 e. The SMILES string of the molecule is N#CC1CC2CC3CC=CC=C3C=C2ON1. The third kappa shape index (κ3) is 1.56. The van der Waals surface area contributed by atoms with E-state index >= 15 is 0 Å². The molecule has 0 bridgehead atoms. The Bertz CT molecular complexity index is 428. The highest BCUT2D eigenvalue weighted by atomic mass is 16.7. The summed E-state index contributed by atoms with van der Waals surface area (Å²) in [5.41, 5.74) is 4.16. The Morgan fingerprint density at radius 1 is 1.38 bits per heavy atom. The third-order valence-corrected chi connectivity index (χ3v) is 3.59. The van der Waals surface area contributed by atoms with Crippen LogP contribution in [0.3, 0.4) is 0 Å². The number of hydrogen-bond donors (Lipinski definition) is 1. The minimum atomic E-state index is -0.160. The molecule has 0 spiro atoms. The Labute approximate surface area is 95.0 Å². The van der Waals surface area contributed by atoms with E-state index in [2.05, 4.69) is 35.9 Å². The van der Waals surface area contributed by atoms with Crippen molar-refractivity contribution in [2.24, 2.45) is 11.8 Å². The van der Waals surface area contributed by atoms with Gasteiger partial charge in [-0.25, -0.2) is 0 Å². The zero-order chi connectivity index (χ0) is 11.0. The van der Waals surface area contributed by atoms with E-state index in [0.717, 1.165) is 25.0 Å². The summed E-state index contributed by atoms with van der Waals surface area (Å²) < 4.78 is 0. The van der Waals surface area contributed by atoms with E-state index in [1.807, 2.05) is 0 Å². The predicted octanol–water partition coefficient (Wildman–Crippen LogP) is 2.21. The van der Waals surface area contributed by atoms with Gasteiger partial charge in [0.2, 0.25) is 0 Å². The summed E-state index contributed by atoms with van der Waals surface area (Å²) in [5.74, 6) is 2.05. The first-order chi connectivity index (χ1) is 7.86. The summed E-state index contributed by atoms with van der Waals surface area (Å²) in [7, 11) is 0. The Kier molecular flexibility index (Phi) is 2.30. The van der Waals surface area contributed by atoms with E-state index < -0.39 is 0 Å². The molecule has 3 aliphatic rings. The molecule has 16 heavy (non-hydrogen) atoms. The predicted molar refractivity (Wildman–Crippen MR) is 59.8 cm³/mol. The highest BCUT2D eigenvalue weighted by Crippen LogP contribution is 2.40. The van der Waals surface area contributed by atoms with Gasteiger partial charge in [0.15, 0.2) is 0 Å². The maximum absolute atomic E-state index is 8.88. The molecule has 1 fully saturated rings. The molecule has 3 atom stereocenters. The Morgan fingerprint density at radius 2 is 2.31 bits per heavy atom. The molecule has 1 aliphatic heterocycles. The van der Waals surface area contributed by atoms with Crippen molar-refractivity contribution in [1.29, 1.82) is 5.26 Å². The number of hydroxylamine groups is 1. The summed E-state index contributed by atoms with van der Waals surface area (Å²) in [6.07, 6.45) is 11.7. The average molecular weight is 214 g/mol. The van der Waals surface area contributed by atoms with Gasteiger partial charge in [0, 0.05) is 5.92 Å². The van der Waals surface area contributed by atoms with Gasteiger partial charge in [0.05, 0.1) is 6.07 Å². The molecule has 1 saturated heterocycles. The highest BCUT2D eigenvalue weighted by molar-refractivity contribution is 5.35. The lowest BCUT2D eigenvalue weighted by molar-refractivity contribution is 0.0171. The molecule has 0 aromatic heterocycles. The fraction of sp³-hybridized carbons (Fsp3) is 0.462. The second-order valence-electron chi connectivity index (χ2n) is 4.64. The van der Waals surface area contributed by atoms with Crippen molar-refractivity contribution in [3.8, 4) is 6.07 Å². The van der Waals surface area contributed by atoms with Gasteiger partial charge in [-0.05, 0) is 36.8 Å². The third-order valence-electron chi connectivity index (χ3n) is 3.59. The number of nitriles is 1. The number of nitrogens with zero attached hydrogens (tertiary/aromatic N) is 1. The lowest BCUT2D eigenvalue weighted by atomic mass is 9.76. The number of fused-ring (bicyclic) bond motifs is 2. The van der Waals surface area contributed by atoms with Crippen molar-refractivity contribution < 1.29 is 4.84 Å². The highest BCUT2D eigenvalue weighted by Gasteiger charge is 2.34. The van der Waals surface area contributed by atoms with Crippen LogP contribution < -0.4 is 5.48 Å². The standard InChI is InChI=1S/C13H14N2O/c14-8-12-6-11-5-9-3-1-2-4-10(9)7-13(11)16-15-12/h1-2,4,7,9,11-12,15H,3,5-6H2. The summed E-state index contributed by atoms with van der Waals surface area (Å²) in [4.78, 5) is 5.46. The molecular formula is C13H14N2O. The lowest BCUT2D eigenvalue weighted by Gasteiger charge is -2.36. The van der Waals surface area contributed by atoms with Crippen molar-refractivity contribution in [2.45, 2.75) is 25.3 Å². The normalized spacial score (nSPS) is 36.1. The van der Waals surface area contributed by atoms with Crippen molar-refractivity contribution in [3.63, 3.8) is 0 Å². The van der Waals surface area contributed by atoms with E-state index in [9.17, 15) is 0 Å². The molecule has 1 N–H and O–H groups in total. The van der Waals surface area contributed by atoms with E-state index in [-0.39, 0.29) is 6.04 Å². The first kappa shape index (κ1) is 9.68. The Balaban J connectivity index is 1.85. The summed E-state index contributed by atoms with van der Waals surface area (Å²) in [5, 5.41) is 8.88. The van der Waals surface area contributed by atoms with Crippen LogP contribution in [0.4, 0.5) is 0 Å².